The van der Waals surface area contributed by atoms with E-state index in [2.05, 4.69) is 35.8 Å². The number of hydrogen-bond acceptors (Lipinski definition) is 5. The minimum absolute atomic E-state index is 0.176. The van der Waals surface area contributed by atoms with Crippen molar-refractivity contribution in [2.24, 2.45) is 0 Å². The number of hydrogen-bond donors (Lipinski definition) is 0. The predicted octanol–water partition coefficient (Wildman–Crippen LogP) is 3.73. The topological polar surface area (TPSA) is 56.7 Å². The largest absolute Gasteiger partial charge is 0.461 e. The number of furan rings is 1. The maximum Gasteiger partial charge on any atom is 0.217 e. The fraction of sp³-hybridized carbons (Fsp3) is 0.357. The molecule has 20 heavy (non-hydrogen) atoms. The first-order chi connectivity index (χ1) is 9.45. The number of nitrogens with zero attached hydrogens (tertiary/aromatic N) is 4. The van der Waals surface area contributed by atoms with Crippen LogP contribution in [0, 0.1) is 6.92 Å². The zero-order chi connectivity index (χ0) is 14.3. The molecule has 0 aliphatic heterocycles. The van der Waals surface area contributed by atoms with Crippen molar-refractivity contribution in [1.82, 2.24) is 19.7 Å². The molecule has 0 aliphatic carbocycles. The maximum absolute atomic E-state index is 5.39. The molecule has 0 atom stereocenters. The van der Waals surface area contributed by atoms with E-state index >= 15 is 0 Å². The van der Waals surface area contributed by atoms with Gasteiger partial charge in [0.2, 0.25) is 5.82 Å². The van der Waals surface area contributed by atoms with E-state index in [0.29, 0.717) is 11.6 Å². The van der Waals surface area contributed by atoms with Gasteiger partial charge in [-0.25, -0.2) is 14.6 Å². The Bertz CT molecular complexity index is 719. The predicted molar refractivity (Wildman–Crippen MR) is 78.6 cm³/mol. The third kappa shape index (κ3) is 2.27. The number of aromatic nitrogens is 4. The van der Waals surface area contributed by atoms with Crippen LogP contribution in [0.3, 0.4) is 0 Å². The minimum atomic E-state index is -0.176. The van der Waals surface area contributed by atoms with Gasteiger partial charge in [-0.05, 0) is 39.8 Å². The average Bonchev–Trinajstić information content (AvgIpc) is 3.06. The quantitative estimate of drug-likeness (QED) is 0.721. The fourth-order valence-corrected chi connectivity index (χ4v) is 2.51. The van der Waals surface area contributed by atoms with Crippen molar-refractivity contribution in [3.8, 4) is 23.1 Å². The molecule has 0 aliphatic rings. The third-order valence-corrected chi connectivity index (χ3v) is 3.61. The van der Waals surface area contributed by atoms with Gasteiger partial charge in [-0.1, -0.05) is 0 Å². The molecular formula is C14H16N4OS. The molecule has 0 amide bonds. The zero-order valence-electron chi connectivity index (χ0n) is 11.9. The lowest BCUT2D eigenvalue weighted by molar-refractivity contribution is 0.359. The smallest absolute Gasteiger partial charge is 0.217 e. The van der Waals surface area contributed by atoms with Crippen LogP contribution in [0.4, 0.5) is 0 Å². The van der Waals surface area contributed by atoms with Gasteiger partial charge in [-0.3, -0.25) is 0 Å². The molecule has 3 heterocycles. The summed E-state index contributed by atoms with van der Waals surface area (Å²) in [5.74, 6) is 2.03. The molecule has 104 valence electrons. The van der Waals surface area contributed by atoms with Crippen LogP contribution in [0.15, 0.2) is 28.2 Å². The second-order valence-electron chi connectivity index (χ2n) is 5.57. The summed E-state index contributed by atoms with van der Waals surface area (Å²) in [6.45, 7) is 8.27. The minimum Gasteiger partial charge on any atom is -0.461 e. The molecule has 0 N–H and O–H groups in total. The molecule has 0 aromatic carbocycles. The van der Waals surface area contributed by atoms with Crippen LogP contribution in [-0.2, 0) is 5.54 Å². The summed E-state index contributed by atoms with van der Waals surface area (Å²) in [6.07, 6.45) is 1.62. The molecule has 3 aromatic rings. The first-order valence-electron chi connectivity index (χ1n) is 6.39. The van der Waals surface area contributed by atoms with Crippen molar-refractivity contribution >= 4 is 11.3 Å². The Labute approximate surface area is 121 Å². The first kappa shape index (κ1) is 13.1. The Morgan fingerprint density at radius 1 is 1.25 bits per heavy atom. The lowest BCUT2D eigenvalue weighted by Crippen LogP contribution is -2.24. The third-order valence-electron chi connectivity index (χ3n) is 2.83. The van der Waals surface area contributed by atoms with Crippen molar-refractivity contribution in [3.05, 3.63) is 28.8 Å². The SMILES string of the molecule is Cc1nc(-c2nc(-c3ccco3)nn2C(C)(C)C)cs1. The molecule has 0 saturated heterocycles. The molecular weight excluding hydrogens is 272 g/mol. The summed E-state index contributed by atoms with van der Waals surface area (Å²) in [6, 6.07) is 3.69. The normalized spacial score (nSPS) is 12.0. The molecule has 3 rings (SSSR count). The van der Waals surface area contributed by atoms with E-state index in [1.165, 1.54) is 0 Å². The first-order valence-corrected chi connectivity index (χ1v) is 7.27. The highest BCUT2D eigenvalue weighted by molar-refractivity contribution is 7.09. The fourth-order valence-electron chi connectivity index (χ4n) is 1.92. The van der Waals surface area contributed by atoms with Crippen LogP contribution >= 0.6 is 11.3 Å². The molecule has 0 spiro atoms. The molecule has 0 unspecified atom stereocenters. The number of rotatable bonds is 2. The molecule has 0 saturated carbocycles. The molecule has 0 fully saturated rings. The van der Waals surface area contributed by atoms with E-state index < -0.39 is 0 Å². The van der Waals surface area contributed by atoms with Gasteiger partial charge in [0.1, 0.15) is 5.69 Å². The molecule has 3 aromatic heterocycles. The molecule has 0 bridgehead atoms. The number of aryl methyl sites for hydroxylation is 1. The monoisotopic (exact) mass is 288 g/mol. The van der Waals surface area contributed by atoms with E-state index in [1.54, 1.807) is 17.6 Å². The highest BCUT2D eigenvalue weighted by Crippen LogP contribution is 2.28. The lowest BCUT2D eigenvalue weighted by atomic mass is 10.1. The van der Waals surface area contributed by atoms with E-state index in [9.17, 15) is 0 Å². The van der Waals surface area contributed by atoms with Gasteiger partial charge in [0.05, 0.1) is 16.8 Å². The van der Waals surface area contributed by atoms with Crippen LogP contribution in [0.2, 0.25) is 0 Å². The summed E-state index contributed by atoms with van der Waals surface area (Å²) in [5, 5.41) is 7.61. The summed E-state index contributed by atoms with van der Waals surface area (Å²) >= 11 is 1.61. The Balaban J connectivity index is 2.17. The second-order valence-corrected chi connectivity index (χ2v) is 6.63. The van der Waals surface area contributed by atoms with E-state index in [-0.39, 0.29) is 5.54 Å². The van der Waals surface area contributed by atoms with Gasteiger partial charge < -0.3 is 4.42 Å². The summed E-state index contributed by atoms with van der Waals surface area (Å²) in [5.41, 5.74) is 0.678. The Hall–Kier alpha value is -1.95. The van der Waals surface area contributed by atoms with Gasteiger partial charge in [0.15, 0.2) is 11.6 Å². The highest BCUT2D eigenvalue weighted by atomic mass is 32.1. The van der Waals surface area contributed by atoms with Crippen molar-refractivity contribution in [3.63, 3.8) is 0 Å². The van der Waals surface area contributed by atoms with Crippen molar-refractivity contribution < 1.29 is 4.42 Å². The highest BCUT2D eigenvalue weighted by Gasteiger charge is 2.24. The van der Waals surface area contributed by atoms with Crippen molar-refractivity contribution in [2.75, 3.05) is 0 Å². The van der Waals surface area contributed by atoms with Crippen LogP contribution in [0.1, 0.15) is 25.8 Å². The van der Waals surface area contributed by atoms with Gasteiger partial charge in [-0.2, -0.15) is 0 Å². The number of thiazole rings is 1. The Kier molecular flexibility index (Phi) is 2.97. The maximum atomic E-state index is 5.39. The molecule has 6 heteroatoms. The lowest BCUT2D eigenvalue weighted by Gasteiger charge is -2.20. The van der Waals surface area contributed by atoms with Crippen molar-refractivity contribution in [2.45, 2.75) is 33.2 Å². The van der Waals surface area contributed by atoms with Gasteiger partial charge >= 0.3 is 0 Å². The van der Waals surface area contributed by atoms with Crippen LogP contribution < -0.4 is 0 Å². The van der Waals surface area contributed by atoms with E-state index in [0.717, 1.165) is 16.5 Å². The Morgan fingerprint density at radius 3 is 2.60 bits per heavy atom. The van der Waals surface area contributed by atoms with Crippen LogP contribution in [0.5, 0.6) is 0 Å². The molecule has 0 radical (unpaired) electrons. The molecule has 5 nitrogen and oxygen atoms in total. The summed E-state index contributed by atoms with van der Waals surface area (Å²) in [7, 11) is 0. The van der Waals surface area contributed by atoms with E-state index in [4.69, 9.17) is 4.42 Å². The van der Waals surface area contributed by atoms with Gasteiger partial charge in [0.25, 0.3) is 0 Å². The van der Waals surface area contributed by atoms with Gasteiger partial charge in [0, 0.05) is 5.38 Å². The van der Waals surface area contributed by atoms with Crippen LogP contribution in [0.25, 0.3) is 23.1 Å². The summed E-state index contributed by atoms with van der Waals surface area (Å²) < 4.78 is 7.29. The summed E-state index contributed by atoms with van der Waals surface area (Å²) in [4.78, 5) is 9.12. The Morgan fingerprint density at radius 2 is 2.05 bits per heavy atom. The van der Waals surface area contributed by atoms with E-state index in [1.807, 2.05) is 29.1 Å². The van der Waals surface area contributed by atoms with Crippen LogP contribution in [-0.4, -0.2) is 19.7 Å². The zero-order valence-corrected chi connectivity index (χ0v) is 12.7. The standard InChI is InChI=1S/C14H16N4OS/c1-9-15-10(8-20-9)13-16-12(11-6-5-7-19-11)17-18(13)14(2,3)4/h5-8H,1-4H3. The second kappa shape index (κ2) is 4.56. The van der Waals surface area contributed by atoms with Gasteiger partial charge in [-0.15, -0.1) is 16.4 Å². The average molecular weight is 288 g/mol. The van der Waals surface area contributed by atoms with Crippen molar-refractivity contribution in [1.29, 1.82) is 0 Å².